The van der Waals surface area contributed by atoms with Crippen LogP contribution in [0.3, 0.4) is 0 Å². The molecule has 0 aromatic heterocycles. The lowest BCUT2D eigenvalue weighted by Gasteiger charge is -2.17. The van der Waals surface area contributed by atoms with Gasteiger partial charge in [-0.1, -0.05) is 30.5 Å². The molecule has 0 spiro atoms. The predicted molar refractivity (Wildman–Crippen MR) is 112 cm³/mol. The van der Waals surface area contributed by atoms with Crippen molar-refractivity contribution in [2.75, 3.05) is 10.6 Å². The van der Waals surface area contributed by atoms with Crippen molar-refractivity contribution in [3.8, 4) is 17.2 Å². The molecule has 0 radical (unpaired) electrons. The Labute approximate surface area is 183 Å². The number of carbonyl (C=O) groups is 1. The maximum absolute atomic E-state index is 14.0. The van der Waals surface area contributed by atoms with Crippen LogP contribution in [0.5, 0.6) is 17.2 Å². The van der Waals surface area contributed by atoms with Gasteiger partial charge in [-0.25, -0.2) is 13.2 Å². The first kappa shape index (κ1) is 21.5. The second kappa shape index (κ2) is 7.76. The number of carbonyl (C=O) groups excluding carboxylic acids is 1. The van der Waals surface area contributed by atoms with Gasteiger partial charge in [-0.2, -0.15) is 4.39 Å². The molecule has 4 rings (SSSR count). The molecule has 31 heavy (non-hydrogen) atoms. The Hall–Kier alpha value is -2.72. The fraction of sp³-hybridized carbons (Fsp3) is 0.350. The molecule has 0 saturated heterocycles. The Morgan fingerprint density at radius 3 is 2.55 bits per heavy atom. The average molecular weight is 471 g/mol. The zero-order valence-corrected chi connectivity index (χ0v) is 18.0. The SMILES string of the molecule is CC1(F)Oc2cccc(NC(=O)Nc3ccc(Cl)c(S(=O)(=O)C4CCCC4)c3O)c2O1. The number of hydrogen-bond acceptors (Lipinski definition) is 6. The lowest BCUT2D eigenvalue weighted by Crippen LogP contribution is -2.28. The maximum atomic E-state index is 14.0. The number of phenolic OH excluding ortho intramolecular Hbond substituents is 1. The topological polar surface area (TPSA) is 114 Å². The molecule has 166 valence electrons. The standard InChI is InChI=1S/C20H20ClFN2O6S/c1-20(22)29-15-8-4-7-14(17(15)30-20)24-19(26)23-13-10-9-12(21)18(16(13)25)31(27,28)11-5-2-3-6-11/h4,7-11,25H,2-3,5-6H2,1H3,(H2,23,24,26). The number of ether oxygens (including phenoxy) is 2. The summed E-state index contributed by atoms with van der Waals surface area (Å²) in [6, 6.07) is 3.89. The summed E-state index contributed by atoms with van der Waals surface area (Å²) in [6.45, 7) is 1.08. The lowest BCUT2D eigenvalue weighted by molar-refractivity contribution is -0.173. The highest BCUT2D eigenvalue weighted by Gasteiger charge is 2.39. The highest BCUT2D eigenvalue weighted by atomic mass is 35.5. The van der Waals surface area contributed by atoms with Gasteiger partial charge in [-0.3, -0.25) is 0 Å². The van der Waals surface area contributed by atoms with Gasteiger partial charge in [0.25, 0.3) is 0 Å². The second-order valence-electron chi connectivity index (χ2n) is 7.48. The van der Waals surface area contributed by atoms with Gasteiger partial charge in [-0.05, 0) is 37.1 Å². The third-order valence-corrected chi connectivity index (χ3v) is 7.92. The molecule has 2 aromatic carbocycles. The van der Waals surface area contributed by atoms with E-state index >= 15 is 0 Å². The first-order valence-electron chi connectivity index (χ1n) is 9.62. The van der Waals surface area contributed by atoms with Crippen LogP contribution < -0.4 is 20.1 Å². The number of rotatable bonds is 4. The number of sulfone groups is 1. The molecule has 1 aliphatic heterocycles. The molecule has 1 atom stereocenters. The number of anilines is 2. The van der Waals surface area contributed by atoms with E-state index in [0.29, 0.717) is 12.8 Å². The van der Waals surface area contributed by atoms with Crippen LogP contribution >= 0.6 is 11.6 Å². The predicted octanol–water partition coefficient (Wildman–Crippen LogP) is 4.82. The van der Waals surface area contributed by atoms with Crippen LogP contribution in [0.15, 0.2) is 35.2 Å². The van der Waals surface area contributed by atoms with Crippen LogP contribution in [0.25, 0.3) is 0 Å². The number of urea groups is 1. The van der Waals surface area contributed by atoms with E-state index in [4.69, 9.17) is 21.1 Å². The summed E-state index contributed by atoms with van der Waals surface area (Å²) >= 11 is 6.09. The van der Waals surface area contributed by atoms with Crippen molar-refractivity contribution in [2.45, 2.75) is 48.8 Å². The smallest absolute Gasteiger partial charge is 0.404 e. The quantitative estimate of drug-likeness (QED) is 0.552. The van der Waals surface area contributed by atoms with E-state index in [9.17, 15) is 22.7 Å². The van der Waals surface area contributed by atoms with Crippen LogP contribution in [0.1, 0.15) is 32.6 Å². The molecule has 1 unspecified atom stereocenters. The van der Waals surface area contributed by atoms with Crippen LogP contribution in [0.4, 0.5) is 20.6 Å². The van der Waals surface area contributed by atoms with E-state index in [1.807, 2.05) is 0 Å². The van der Waals surface area contributed by atoms with Crippen molar-refractivity contribution < 1.29 is 32.2 Å². The molecule has 2 amide bonds. The van der Waals surface area contributed by atoms with Crippen molar-refractivity contribution in [1.82, 2.24) is 0 Å². The molecule has 11 heteroatoms. The van der Waals surface area contributed by atoms with Gasteiger partial charge in [0.15, 0.2) is 27.1 Å². The maximum Gasteiger partial charge on any atom is 0.404 e. The van der Waals surface area contributed by atoms with E-state index in [0.717, 1.165) is 19.8 Å². The number of aromatic hydroxyl groups is 1. The number of phenols is 1. The number of alkyl halides is 1. The Kier molecular flexibility index (Phi) is 5.38. The van der Waals surface area contributed by atoms with Gasteiger partial charge >= 0.3 is 12.1 Å². The molecule has 1 saturated carbocycles. The van der Waals surface area contributed by atoms with Gasteiger partial charge in [0.1, 0.15) is 4.90 Å². The second-order valence-corrected chi connectivity index (χ2v) is 10.0. The first-order chi connectivity index (χ1) is 14.6. The number of hydrogen-bond donors (Lipinski definition) is 3. The van der Waals surface area contributed by atoms with E-state index in [2.05, 4.69) is 10.6 Å². The Bertz CT molecular complexity index is 1150. The van der Waals surface area contributed by atoms with E-state index in [1.54, 1.807) is 0 Å². The Morgan fingerprint density at radius 1 is 1.16 bits per heavy atom. The molecular formula is C20H20ClFN2O6S. The molecule has 1 heterocycles. The highest BCUT2D eigenvalue weighted by molar-refractivity contribution is 7.92. The number of amides is 2. The minimum absolute atomic E-state index is 0.00692. The van der Waals surface area contributed by atoms with Crippen LogP contribution in [0, 0.1) is 0 Å². The van der Waals surface area contributed by atoms with Gasteiger partial charge in [0, 0.05) is 6.92 Å². The zero-order chi connectivity index (χ0) is 22.4. The van der Waals surface area contributed by atoms with Gasteiger partial charge in [0.2, 0.25) is 0 Å². The van der Waals surface area contributed by atoms with E-state index in [-0.39, 0.29) is 27.9 Å². The Morgan fingerprint density at radius 2 is 1.84 bits per heavy atom. The minimum Gasteiger partial charge on any atom is -0.504 e. The summed E-state index contributed by atoms with van der Waals surface area (Å²) in [5.74, 6) is -0.515. The average Bonchev–Trinajstić information content (AvgIpc) is 3.31. The first-order valence-corrected chi connectivity index (χ1v) is 11.5. The van der Waals surface area contributed by atoms with Crippen molar-refractivity contribution >= 4 is 38.8 Å². The lowest BCUT2D eigenvalue weighted by atomic mass is 10.2. The summed E-state index contributed by atoms with van der Waals surface area (Å²) in [5.41, 5.74) is -0.0119. The monoisotopic (exact) mass is 470 g/mol. The largest absolute Gasteiger partial charge is 0.504 e. The van der Waals surface area contributed by atoms with Crippen molar-refractivity contribution in [3.63, 3.8) is 0 Å². The van der Waals surface area contributed by atoms with Crippen LogP contribution in [-0.2, 0) is 9.84 Å². The van der Waals surface area contributed by atoms with Crippen molar-refractivity contribution in [2.24, 2.45) is 0 Å². The van der Waals surface area contributed by atoms with Gasteiger partial charge in [0.05, 0.1) is 21.6 Å². The number of para-hydroxylation sites is 1. The number of halogens is 2. The number of benzene rings is 2. The molecule has 0 bridgehead atoms. The fourth-order valence-corrected chi connectivity index (χ4v) is 6.24. The summed E-state index contributed by atoms with van der Waals surface area (Å²) in [5, 5.41) is 14.7. The van der Waals surface area contributed by atoms with E-state index in [1.165, 1.54) is 30.3 Å². The molecular weight excluding hydrogens is 451 g/mol. The summed E-state index contributed by atoms with van der Waals surface area (Å²) in [4.78, 5) is 12.1. The van der Waals surface area contributed by atoms with Crippen LogP contribution in [-0.4, -0.2) is 30.8 Å². The third-order valence-electron chi connectivity index (χ3n) is 5.16. The zero-order valence-electron chi connectivity index (χ0n) is 16.4. The van der Waals surface area contributed by atoms with Gasteiger partial charge < -0.3 is 25.2 Å². The fourth-order valence-electron chi connectivity index (χ4n) is 3.76. The molecule has 1 aliphatic carbocycles. The summed E-state index contributed by atoms with van der Waals surface area (Å²) in [7, 11) is -3.87. The van der Waals surface area contributed by atoms with Gasteiger partial charge in [-0.15, -0.1) is 0 Å². The molecule has 1 fully saturated rings. The van der Waals surface area contributed by atoms with Crippen LogP contribution in [0.2, 0.25) is 5.02 Å². The summed E-state index contributed by atoms with van der Waals surface area (Å²) in [6.07, 6.45) is 2.55. The molecule has 2 aromatic rings. The van der Waals surface area contributed by atoms with Crippen molar-refractivity contribution in [1.29, 1.82) is 0 Å². The van der Waals surface area contributed by atoms with E-state index < -0.39 is 37.8 Å². The third kappa shape index (κ3) is 4.09. The van der Waals surface area contributed by atoms with Crippen molar-refractivity contribution in [3.05, 3.63) is 35.4 Å². The molecule has 2 aliphatic rings. The normalized spacial score (nSPS) is 20.6. The minimum atomic E-state index is -3.87. The molecule has 8 nitrogen and oxygen atoms in total. The number of nitrogens with one attached hydrogen (secondary N) is 2. The highest BCUT2D eigenvalue weighted by Crippen LogP contribution is 2.45. The number of fused-ring (bicyclic) bond motifs is 1. The molecule has 3 N–H and O–H groups in total. The summed E-state index contributed by atoms with van der Waals surface area (Å²) < 4.78 is 49.9. The Balaban J connectivity index is 1.57.